The van der Waals surface area contributed by atoms with E-state index in [9.17, 15) is 20.0 Å². The number of hydrogen-bond donors (Lipinski definition) is 1. The summed E-state index contributed by atoms with van der Waals surface area (Å²) < 4.78 is 1.51. The van der Waals surface area contributed by atoms with Crippen LogP contribution in [0.1, 0.15) is 16.2 Å². The van der Waals surface area contributed by atoms with Crippen molar-refractivity contribution in [3.05, 3.63) is 70.0 Å². The molecule has 2 aromatic carbocycles. The Labute approximate surface area is 136 Å². The van der Waals surface area contributed by atoms with Crippen LogP contribution in [0.25, 0.3) is 17.1 Å². The van der Waals surface area contributed by atoms with Crippen LogP contribution >= 0.6 is 0 Å². The quantitative estimate of drug-likeness (QED) is 0.583. The summed E-state index contributed by atoms with van der Waals surface area (Å²) in [5.41, 5.74) is 0.545. The van der Waals surface area contributed by atoms with Crippen LogP contribution in [0.4, 0.5) is 5.69 Å². The number of benzene rings is 2. The van der Waals surface area contributed by atoms with E-state index < -0.39 is 10.9 Å². The fourth-order valence-corrected chi connectivity index (χ4v) is 2.50. The van der Waals surface area contributed by atoms with Gasteiger partial charge in [-0.3, -0.25) is 14.7 Å². The third-order valence-electron chi connectivity index (χ3n) is 3.54. The Morgan fingerprint density at radius 1 is 1.12 bits per heavy atom. The highest BCUT2D eigenvalue weighted by molar-refractivity contribution is 5.92. The minimum absolute atomic E-state index is 0.0558. The molecule has 1 heterocycles. The molecule has 0 saturated carbocycles. The van der Waals surface area contributed by atoms with Crippen molar-refractivity contribution in [1.29, 1.82) is 0 Å². The summed E-state index contributed by atoms with van der Waals surface area (Å²) in [5, 5.41) is 28.7. The molecule has 120 valence electrons. The number of aryl methyl sites for hydroxylation is 1. The normalized spacial score (nSPS) is 10.5. The summed E-state index contributed by atoms with van der Waals surface area (Å²) in [6.45, 7) is 1.66. The van der Waals surface area contributed by atoms with Gasteiger partial charge < -0.3 is 5.11 Å². The second-order valence-corrected chi connectivity index (χ2v) is 5.00. The second-order valence-electron chi connectivity index (χ2n) is 5.00. The predicted molar refractivity (Wildman–Crippen MR) is 85.1 cm³/mol. The van der Waals surface area contributed by atoms with Gasteiger partial charge in [-0.1, -0.05) is 24.3 Å². The summed E-state index contributed by atoms with van der Waals surface area (Å²) >= 11 is 0. The van der Waals surface area contributed by atoms with Crippen LogP contribution in [0.2, 0.25) is 0 Å². The molecule has 0 fully saturated rings. The molecule has 0 aliphatic heterocycles. The van der Waals surface area contributed by atoms with Gasteiger partial charge in [0.1, 0.15) is 5.82 Å². The van der Waals surface area contributed by atoms with Gasteiger partial charge in [-0.25, -0.2) is 4.79 Å². The van der Waals surface area contributed by atoms with Gasteiger partial charge in [0.25, 0.3) is 5.69 Å². The van der Waals surface area contributed by atoms with Gasteiger partial charge in [0.15, 0.2) is 5.82 Å². The third-order valence-corrected chi connectivity index (χ3v) is 3.54. The number of rotatable bonds is 4. The van der Waals surface area contributed by atoms with Crippen LogP contribution in [0, 0.1) is 17.0 Å². The molecule has 0 aliphatic rings. The van der Waals surface area contributed by atoms with Crippen LogP contribution in [0.3, 0.4) is 0 Å². The number of nitro benzene ring substituents is 1. The van der Waals surface area contributed by atoms with E-state index in [1.807, 2.05) is 0 Å². The van der Waals surface area contributed by atoms with Crippen molar-refractivity contribution in [2.24, 2.45) is 0 Å². The van der Waals surface area contributed by atoms with Gasteiger partial charge in [-0.05, 0) is 25.1 Å². The lowest BCUT2D eigenvalue weighted by Gasteiger charge is -2.11. The first kappa shape index (κ1) is 15.3. The zero-order chi connectivity index (χ0) is 17.3. The number of para-hydroxylation sites is 2. The van der Waals surface area contributed by atoms with Gasteiger partial charge >= 0.3 is 5.97 Å². The molecule has 24 heavy (non-hydrogen) atoms. The van der Waals surface area contributed by atoms with Crippen molar-refractivity contribution in [2.45, 2.75) is 6.92 Å². The third kappa shape index (κ3) is 2.50. The SMILES string of the molecule is Cc1nnc(-c2ccccc2[N+](=O)[O-])n1-c1ccccc1C(=O)O. The molecule has 0 amide bonds. The molecular weight excluding hydrogens is 312 g/mol. The van der Waals surface area contributed by atoms with Gasteiger partial charge in [0.2, 0.25) is 0 Å². The highest BCUT2D eigenvalue weighted by Gasteiger charge is 2.23. The summed E-state index contributed by atoms with van der Waals surface area (Å²) in [6.07, 6.45) is 0. The lowest BCUT2D eigenvalue weighted by molar-refractivity contribution is -0.384. The Morgan fingerprint density at radius 2 is 1.79 bits per heavy atom. The molecule has 0 unspecified atom stereocenters. The second kappa shape index (κ2) is 5.92. The van der Waals surface area contributed by atoms with E-state index in [0.717, 1.165) is 0 Å². The van der Waals surface area contributed by atoms with E-state index in [1.165, 1.54) is 16.7 Å². The van der Waals surface area contributed by atoms with Crippen molar-refractivity contribution >= 4 is 11.7 Å². The lowest BCUT2D eigenvalue weighted by atomic mass is 10.1. The molecule has 1 aromatic heterocycles. The zero-order valence-corrected chi connectivity index (χ0v) is 12.6. The molecule has 1 N–H and O–H groups in total. The van der Waals surface area contributed by atoms with E-state index in [4.69, 9.17) is 0 Å². The smallest absolute Gasteiger partial charge is 0.337 e. The van der Waals surface area contributed by atoms with Crippen molar-refractivity contribution in [2.75, 3.05) is 0 Å². The van der Waals surface area contributed by atoms with E-state index >= 15 is 0 Å². The first-order chi connectivity index (χ1) is 11.5. The maximum atomic E-state index is 11.5. The molecule has 3 aromatic rings. The number of nitro groups is 1. The number of aromatic nitrogens is 3. The van der Waals surface area contributed by atoms with E-state index in [0.29, 0.717) is 11.5 Å². The van der Waals surface area contributed by atoms with Crippen molar-refractivity contribution < 1.29 is 14.8 Å². The standard InChI is InChI=1S/C16H12N4O4/c1-10-17-18-15(11-6-2-5-9-14(11)20(23)24)19(10)13-8-4-3-7-12(13)16(21)22/h2-9H,1H3,(H,21,22). The molecule has 0 radical (unpaired) electrons. The Morgan fingerprint density at radius 3 is 2.50 bits per heavy atom. The van der Waals surface area contributed by atoms with Crippen molar-refractivity contribution in [3.63, 3.8) is 0 Å². The minimum Gasteiger partial charge on any atom is -0.478 e. The highest BCUT2D eigenvalue weighted by Crippen LogP contribution is 2.31. The van der Waals surface area contributed by atoms with Crippen LogP contribution in [0.15, 0.2) is 48.5 Å². The maximum absolute atomic E-state index is 11.5. The first-order valence-corrected chi connectivity index (χ1v) is 6.99. The number of aromatic carboxylic acids is 1. The van der Waals surface area contributed by atoms with Gasteiger partial charge in [-0.2, -0.15) is 0 Å². The molecule has 0 spiro atoms. The van der Waals surface area contributed by atoms with E-state index in [2.05, 4.69) is 10.2 Å². The molecule has 3 rings (SSSR count). The first-order valence-electron chi connectivity index (χ1n) is 6.99. The average molecular weight is 324 g/mol. The van der Waals surface area contributed by atoms with E-state index in [-0.39, 0.29) is 22.6 Å². The van der Waals surface area contributed by atoms with Crippen LogP contribution in [-0.4, -0.2) is 30.8 Å². The Balaban J connectivity index is 2.30. The number of hydrogen-bond acceptors (Lipinski definition) is 5. The Bertz CT molecular complexity index is 949. The van der Waals surface area contributed by atoms with Gasteiger partial charge in [0, 0.05) is 6.07 Å². The highest BCUT2D eigenvalue weighted by atomic mass is 16.6. The Kier molecular flexibility index (Phi) is 3.78. The summed E-state index contributed by atoms with van der Waals surface area (Å²) in [7, 11) is 0. The van der Waals surface area contributed by atoms with Crippen LogP contribution in [-0.2, 0) is 0 Å². The molecule has 8 nitrogen and oxygen atoms in total. The fraction of sp³-hybridized carbons (Fsp3) is 0.0625. The number of carbonyl (C=O) groups is 1. The maximum Gasteiger partial charge on any atom is 0.337 e. The van der Waals surface area contributed by atoms with Crippen molar-refractivity contribution in [1.82, 2.24) is 14.8 Å². The summed E-state index contributed by atoms with van der Waals surface area (Å²) in [6, 6.07) is 12.5. The van der Waals surface area contributed by atoms with Crippen LogP contribution in [0.5, 0.6) is 0 Å². The molecule has 8 heteroatoms. The zero-order valence-electron chi connectivity index (χ0n) is 12.6. The summed E-state index contributed by atoms with van der Waals surface area (Å²) in [4.78, 5) is 22.3. The Hall–Kier alpha value is -3.55. The van der Waals surface area contributed by atoms with Crippen LogP contribution < -0.4 is 0 Å². The van der Waals surface area contributed by atoms with E-state index in [1.54, 1.807) is 43.3 Å². The molecule has 0 saturated heterocycles. The average Bonchev–Trinajstić information content (AvgIpc) is 2.96. The number of carboxylic acid groups (broad SMARTS) is 1. The molecule has 0 aliphatic carbocycles. The molecule has 0 atom stereocenters. The largest absolute Gasteiger partial charge is 0.478 e. The predicted octanol–water partition coefficient (Wildman–Crippen LogP) is 2.85. The van der Waals surface area contributed by atoms with Gasteiger partial charge in [0.05, 0.1) is 21.7 Å². The van der Waals surface area contributed by atoms with Crippen molar-refractivity contribution in [3.8, 4) is 17.1 Å². The lowest BCUT2D eigenvalue weighted by Crippen LogP contribution is -2.08. The topological polar surface area (TPSA) is 111 Å². The minimum atomic E-state index is -1.10. The number of nitrogens with zero attached hydrogens (tertiary/aromatic N) is 4. The van der Waals surface area contributed by atoms with Gasteiger partial charge in [-0.15, -0.1) is 10.2 Å². The summed E-state index contributed by atoms with van der Waals surface area (Å²) in [5.74, 6) is -0.461. The molecule has 0 bridgehead atoms. The monoisotopic (exact) mass is 324 g/mol. The fourth-order valence-electron chi connectivity index (χ4n) is 2.50. The molecular formula is C16H12N4O4. The number of carboxylic acids is 1.